The molecule has 128 valence electrons. The Morgan fingerprint density at radius 2 is 1.50 bits per heavy atom. The number of carbonyl (C=O) groups is 1. The molecule has 1 atom stereocenters. The second kappa shape index (κ2) is 8.90. The first-order chi connectivity index (χ1) is 11.4. The number of Topliss-reactive ketones (excluding diaryl/α,β-unsaturated/α-hetero) is 1. The molecule has 24 heavy (non-hydrogen) atoms. The van der Waals surface area contributed by atoms with Crippen molar-refractivity contribution in [2.75, 3.05) is 0 Å². The zero-order valence-electron chi connectivity index (χ0n) is 13.2. The van der Waals surface area contributed by atoms with Crippen LogP contribution in [0.15, 0.2) is 60.7 Å². The zero-order valence-corrected chi connectivity index (χ0v) is 14.1. The molecule has 0 aliphatic carbocycles. The molecule has 0 heterocycles. The average Bonchev–Trinajstić information content (AvgIpc) is 2.53. The van der Waals surface area contributed by atoms with Gasteiger partial charge in [0.1, 0.15) is 5.78 Å². The molecular weight excluding hydrogens is 327 g/mol. The zero-order chi connectivity index (χ0) is 17.4. The summed E-state index contributed by atoms with van der Waals surface area (Å²) in [6.45, 7) is 0. The Balaban J connectivity index is 1.92. The lowest BCUT2D eigenvalue weighted by Gasteiger charge is -2.18. The average molecular weight is 348 g/mol. The highest BCUT2D eigenvalue weighted by molar-refractivity contribution is 7.46. The monoisotopic (exact) mass is 348 g/mol. The third-order valence-electron chi connectivity index (χ3n) is 3.58. The fourth-order valence-electron chi connectivity index (χ4n) is 2.50. The van der Waals surface area contributed by atoms with Crippen molar-refractivity contribution in [2.45, 2.75) is 31.8 Å². The Hall–Kier alpha value is -1.78. The molecule has 0 saturated heterocycles. The summed E-state index contributed by atoms with van der Waals surface area (Å²) in [6, 6.07) is 18.7. The molecule has 2 N–H and O–H groups in total. The molecule has 5 nitrogen and oxygen atoms in total. The predicted molar refractivity (Wildman–Crippen MR) is 91.5 cm³/mol. The molecule has 0 aliphatic rings. The van der Waals surface area contributed by atoms with Crippen LogP contribution in [0.2, 0.25) is 0 Å². The number of phosphoric acid groups is 1. The molecular formula is C18H21O5P. The lowest BCUT2D eigenvalue weighted by atomic mass is 10.0. The van der Waals surface area contributed by atoms with Crippen LogP contribution in [0.1, 0.15) is 24.0 Å². The van der Waals surface area contributed by atoms with Gasteiger partial charge in [-0.2, -0.15) is 0 Å². The van der Waals surface area contributed by atoms with Gasteiger partial charge in [0.15, 0.2) is 0 Å². The van der Waals surface area contributed by atoms with Crippen LogP contribution in [0.5, 0.6) is 0 Å². The summed E-state index contributed by atoms with van der Waals surface area (Å²) in [5.41, 5.74) is 1.84. The molecule has 2 rings (SSSR count). The van der Waals surface area contributed by atoms with Crippen molar-refractivity contribution < 1.29 is 23.7 Å². The lowest BCUT2D eigenvalue weighted by Crippen LogP contribution is -2.17. The number of carbonyl (C=O) groups excluding carboxylic acids is 1. The molecule has 6 heteroatoms. The molecule has 0 spiro atoms. The summed E-state index contributed by atoms with van der Waals surface area (Å²) >= 11 is 0. The molecule has 0 bridgehead atoms. The van der Waals surface area contributed by atoms with Crippen molar-refractivity contribution in [1.82, 2.24) is 0 Å². The number of ketones is 1. The number of phosphoric ester groups is 1. The SMILES string of the molecule is O=C(CCC(Cc1ccccc1)OP(=O)(O)O)Cc1ccccc1. The summed E-state index contributed by atoms with van der Waals surface area (Å²) < 4.78 is 16.0. The van der Waals surface area contributed by atoms with Gasteiger partial charge >= 0.3 is 7.82 Å². The van der Waals surface area contributed by atoms with Crippen LogP contribution in [0.3, 0.4) is 0 Å². The largest absolute Gasteiger partial charge is 0.469 e. The highest BCUT2D eigenvalue weighted by Crippen LogP contribution is 2.39. The Morgan fingerprint density at radius 3 is 2.04 bits per heavy atom. The minimum atomic E-state index is -4.60. The van der Waals surface area contributed by atoms with Crippen LogP contribution in [-0.4, -0.2) is 21.7 Å². The maximum atomic E-state index is 12.1. The van der Waals surface area contributed by atoms with E-state index in [1.165, 1.54) is 0 Å². The lowest BCUT2D eigenvalue weighted by molar-refractivity contribution is -0.119. The summed E-state index contributed by atoms with van der Waals surface area (Å²) in [4.78, 5) is 30.2. The third-order valence-corrected chi connectivity index (χ3v) is 4.15. The second-order valence-corrected chi connectivity index (χ2v) is 6.84. The quantitative estimate of drug-likeness (QED) is 0.679. The molecule has 0 fully saturated rings. The fourth-order valence-corrected chi connectivity index (χ4v) is 3.07. The molecule has 0 saturated carbocycles. The van der Waals surface area contributed by atoms with Gasteiger partial charge in [-0.1, -0.05) is 60.7 Å². The van der Waals surface area contributed by atoms with E-state index in [4.69, 9.17) is 14.3 Å². The van der Waals surface area contributed by atoms with E-state index in [-0.39, 0.29) is 18.6 Å². The molecule has 0 aliphatic heterocycles. The number of benzene rings is 2. The third kappa shape index (κ3) is 7.20. The Kier molecular flexibility index (Phi) is 6.88. The minimum Gasteiger partial charge on any atom is -0.303 e. The maximum absolute atomic E-state index is 12.1. The van der Waals surface area contributed by atoms with E-state index in [0.717, 1.165) is 11.1 Å². The van der Waals surface area contributed by atoms with Gasteiger partial charge in [-0.3, -0.25) is 9.32 Å². The number of rotatable bonds is 9. The fraction of sp³-hybridized carbons (Fsp3) is 0.278. The topological polar surface area (TPSA) is 83.8 Å². The first kappa shape index (κ1) is 18.6. The van der Waals surface area contributed by atoms with Gasteiger partial charge in [0.25, 0.3) is 0 Å². The van der Waals surface area contributed by atoms with Crippen LogP contribution in [0, 0.1) is 0 Å². The van der Waals surface area contributed by atoms with Crippen molar-refractivity contribution in [1.29, 1.82) is 0 Å². The second-order valence-electron chi connectivity index (χ2n) is 5.65. The Bertz CT molecular complexity index is 681. The standard InChI is InChI=1S/C18H21O5P/c19-17(13-15-7-3-1-4-8-15)11-12-18(23-24(20,21)22)14-16-9-5-2-6-10-16/h1-10,18H,11-14H2,(H2,20,21,22). The van der Waals surface area contributed by atoms with E-state index < -0.39 is 13.9 Å². The molecule has 2 aromatic carbocycles. The van der Waals surface area contributed by atoms with Crippen molar-refractivity contribution >= 4 is 13.6 Å². The van der Waals surface area contributed by atoms with Gasteiger partial charge in [0.05, 0.1) is 6.10 Å². The van der Waals surface area contributed by atoms with Crippen LogP contribution in [-0.2, 0) is 26.7 Å². The smallest absolute Gasteiger partial charge is 0.303 e. The van der Waals surface area contributed by atoms with Crippen molar-refractivity contribution in [2.24, 2.45) is 0 Å². The van der Waals surface area contributed by atoms with E-state index >= 15 is 0 Å². The van der Waals surface area contributed by atoms with Gasteiger partial charge < -0.3 is 9.79 Å². The van der Waals surface area contributed by atoms with Crippen LogP contribution in [0.4, 0.5) is 0 Å². The number of hydrogen-bond acceptors (Lipinski definition) is 3. The molecule has 0 aromatic heterocycles. The van der Waals surface area contributed by atoms with Gasteiger partial charge in [-0.05, 0) is 24.0 Å². The summed E-state index contributed by atoms with van der Waals surface area (Å²) in [5.74, 6) is 0.0218. The van der Waals surface area contributed by atoms with E-state index in [2.05, 4.69) is 0 Å². The Morgan fingerprint density at radius 1 is 0.958 bits per heavy atom. The molecule has 1 unspecified atom stereocenters. The van der Waals surface area contributed by atoms with Crippen molar-refractivity contribution in [3.8, 4) is 0 Å². The highest BCUT2D eigenvalue weighted by Gasteiger charge is 2.23. The molecule has 0 amide bonds. The summed E-state index contributed by atoms with van der Waals surface area (Å²) in [7, 11) is -4.60. The number of hydrogen-bond donors (Lipinski definition) is 2. The first-order valence-electron chi connectivity index (χ1n) is 7.76. The van der Waals surface area contributed by atoms with Gasteiger partial charge in [0.2, 0.25) is 0 Å². The summed E-state index contributed by atoms with van der Waals surface area (Å²) in [6.07, 6.45) is 0.449. The van der Waals surface area contributed by atoms with Gasteiger partial charge in [-0.15, -0.1) is 0 Å². The highest BCUT2D eigenvalue weighted by atomic mass is 31.2. The van der Waals surface area contributed by atoms with E-state index in [0.29, 0.717) is 12.8 Å². The van der Waals surface area contributed by atoms with E-state index in [1.807, 2.05) is 60.7 Å². The van der Waals surface area contributed by atoms with Crippen LogP contribution < -0.4 is 0 Å². The van der Waals surface area contributed by atoms with E-state index in [1.54, 1.807) is 0 Å². The normalized spacial score (nSPS) is 12.8. The summed E-state index contributed by atoms with van der Waals surface area (Å²) in [5, 5.41) is 0. The Labute approximate surface area is 141 Å². The van der Waals surface area contributed by atoms with E-state index in [9.17, 15) is 9.36 Å². The predicted octanol–water partition coefficient (Wildman–Crippen LogP) is 3.30. The van der Waals surface area contributed by atoms with Gasteiger partial charge in [-0.25, -0.2) is 4.57 Å². The molecule has 2 aromatic rings. The van der Waals surface area contributed by atoms with Crippen LogP contribution >= 0.6 is 7.82 Å². The van der Waals surface area contributed by atoms with Crippen molar-refractivity contribution in [3.63, 3.8) is 0 Å². The maximum Gasteiger partial charge on any atom is 0.469 e. The van der Waals surface area contributed by atoms with Gasteiger partial charge in [0, 0.05) is 12.8 Å². The van der Waals surface area contributed by atoms with Crippen molar-refractivity contribution in [3.05, 3.63) is 71.8 Å². The van der Waals surface area contributed by atoms with Crippen LogP contribution in [0.25, 0.3) is 0 Å². The minimum absolute atomic E-state index is 0.0218. The first-order valence-corrected chi connectivity index (χ1v) is 9.29. The molecule has 0 radical (unpaired) electrons.